The summed E-state index contributed by atoms with van der Waals surface area (Å²) in [5, 5.41) is 0. The predicted molar refractivity (Wildman–Crippen MR) is 82.5 cm³/mol. The molecule has 0 saturated carbocycles. The van der Waals surface area contributed by atoms with Crippen LogP contribution in [0, 0.1) is 0 Å². The molecule has 0 aromatic heterocycles. The fraction of sp³-hybridized carbons (Fsp3) is 0.533. The second-order valence-electron chi connectivity index (χ2n) is 5.04. The summed E-state index contributed by atoms with van der Waals surface area (Å²) in [6, 6.07) is 8.47. The summed E-state index contributed by atoms with van der Waals surface area (Å²) >= 11 is 0. The van der Waals surface area contributed by atoms with E-state index >= 15 is 0 Å². The molecule has 3 nitrogen and oxygen atoms in total. The Morgan fingerprint density at radius 2 is 1.84 bits per heavy atom. The summed E-state index contributed by atoms with van der Waals surface area (Å²) in [7, 11) is 1.84. The highest BCUT2D eigenvalue weighted by atomic mass is 35.5. The fourth-order valence-corrected chi connectivity index (χ4v) is 1.81. The van der Waals surface area contributed by atoms with Crippen LogP contribution < -0.4 is 5.73 Å². The Hall–Kier alpha value is -1.06. The molecule has 1 rings (SSSR count). The molecule has 1 amide bonds. The van der Waals surface area contributed by atoms with Crippen LogP contribution in [0.2, 0.25) is 0 Å². The van der Waals surface area contributed by atoms with Gasteiger partial charge in [0, 0.05) is 20.0 Å². The molecule has 0 heterocycles. The molecule has 1 aromatic carbocycles. The third-order valence-corrected chi connectivity index (χ3v) is 3.09. The Morgan fingerprint density at radius 1 is 1.26 bits per heavy atom. The van der Waals surface area contributed by atoms with E-state index in [2.05, 4.69) is 38.1 Å². The molecule has 0 fully saturated rings. The molecule has 0 aliphatic carbocycles. The van der Waals surface area contributed by atoms with Gasteiger partial charge in [0.05, 0.1) is 0 Å². The zero-order chi connectivity index (χ0) is 13.5. The van der Waals surface area contributed by atoms with Crippen molar-refractivity contribution < 1.29 is 4.79 Å². The Labute approximate surface area is 122 Å². The average Bonchev–Trinajstić information content (AvgIpc) is 2.36. The van der Waals surface area contributed by atoms with Gasteiger partial charge in [-0.05, 0) is 30.0 Å². The van der Waals surface area contributed by atoms with Gasteiger partial charge in [0.25, 0.3) is 0 Å². The van der Waals surface area contributed by atoms with Crippen molar-refractivity contribution in [3.05, 3.63) is 35.4 Å². The topological polar surface area (TPSA) is 46.3 Å². The lowest BCUT2D eigenvalue weighted by Gasteiger charge is -2.17. The number of amides is 1. The second-order valence-corrected chi connectivity index (χ2v) is 5.04. The molecule has 0 bridgehead atoms. The van der Waals surface area contributed by atoms with Crippen LogP contribution in [-0.2, 0) is 11.3 Å². The van der Waals surface area contributed by atoms with Crippen molar-refractivity contribution in [2.24, 2.45) is 5.73 Å². The van der Waals surface area contributed by atoms with E-state index < -0.39 is 0 Å². The molecule has 0 radical (unpaired) electrons. The minimum atomic E-state index is 0. The monoisotopic (exact) mass is 284 g/mol. The van der Waals surface area contributed by atoms with Gasteiger partial charge in [0.15, 0.2) is 0 Å². The number of carbonyl (C=O) groups is 1. The molecule has 0 saturated heterocycles. The number of halogens is 1. The van der Waals surface area contributed by atoms with Crippen LogP contribution >= 0.6 is 12.4 Å². The van der Waals surface area contributed by atoms with E-state index in [0.717, 1.165) is 6.42 Å². The lowest BCUT2D eigenvalue weighted by Crippen LogP contribution is -2.26. The van der Waals surface area contributed by atoms with Crippen LogP contribution in [0.15, 0.2) is 24.3 Å². The first kappa shape index (κ1) is 17.9. The van der Waals surface area contributed by atoms with Crippen molar-refractivity contribution in [3.8, 4) is 0 Å². The number of benzene rings is 1. The van der Waals surface area contributed by atoms with Crippen molar-refractivity contribution in [3.63, 3.8) is 0 Å². The maximum Gasteiger partial charge on any atom is 0.222 e. The normalized spacial score (nSPS) is 10.2. The minimum absolute atomic E-state index is 0. The SMILES string of the molecule is CC(C)c1ccc(CN(C)C(=O)CCCN)cc1.Cl. The Bertz CT molecular complexity index is 376. The van der Waals surface area contributed by atoms with Gasteiger partial charge in [-0.2, -0.15) is 0 Å². The maximum atomic E-state index is 11.8. The zero-order valence-corrected chi connectivity index (χ0v) is 12.9. The molecule has 0 aliphatic heterocycles. The fourth-order valence-electron chi connectivity index (χ4n) is 1.81. The highest BCUT2D eigenvalue weighted by Gasteiger charge is 2.08. The van der Waals surface area contributed by atoms with Gasteiger partial charge in [-0.15, -0.1) is 12.4 Å². The van der Waals surface area contributed by atoms with Crippen LogP contribution in [0.5, 0.6) is 0 Å². The van der Waals surface area contributed by atoms with Gasteiger partial charge in [0.2, 0.25) is 5.91 Å². The first-order valence-corrected chi connectivity index (χ1v) is 6.57. The van der Waals surface area contributed by atoms with E-state index in [1.54, 1.807) is 4.90 Å². The van der Waals surface area contributed by atoms with Gasteiger partial charge in [0.1, 0.15) is 0 Å². The molecule has 2 N–H and O–H groups in total. The molecule has 0 aliphatic rings. The van der Waals surface area contributed by atoms with E-state index in [1.165, 1.54) is 11.1 Å². The van der Waals surface area contributed by atoms with Gasteiger partial charge in [-0.3, -0.25) is 4.79 Å². The van der Waals surface area contributed by atoms with Gasteiger partial charge >= 0.3 is 0 Å². The van der Waals surface area contributed by atoms with Gasteiger partial charge in [-0.25, -0.2) is 0 Å². The number of hydrogen-bond acceptors (Lipinski definition) is 2. The molecule has 1 aromatic rings. The van der Waals surface area contributed by atoms with Crippen LogP contribution in [0.4, 0.5) is 0 Å². The Kier molecular flexibility index (Phi) is 8.44. The molecule has 19 heavy (non-hydrogen) atoms. The predicted octanol–water partition coefficient (Wildman–Crippen LogP) is 2.93. The molecule has 0 unspecified atom stereocenters. The van der Waals surface area contributed by atoms with Crippen molar-refractivity contribution in [1.82, 2.24) is 4.90 Å². The summed E-state index contributed by atoms with van der Waals surface area (Å²) < 4.78 is 0. The summed E-state index contributed by atoms with van der Waals surface area (Å²) in [5.41, 5.74) is 7.90. The molecule has 0 spiro atoms. The van der Waals surface area contributed by atoms with Crippen LogP contribution in [-0.4, -0.2) is 24.4 Å². The molecule has 108 valence electrons. The second kappa shape index (κ2) is 8.94. The minimum Gasteiger partial charge on any atom is -0.341 e. The van der Waals surface area contributed by atoms with Crippen LogP contribution in [0.3, 0.4) is 0 Å². The molecule has 4 heteroatoms. The summed E-state index contributed by atoms with van der Waals surface area (Å²) in [6.45, 7) is 5.60. The standard InChI is InChI=1S/C15H24N2O.ClH/c1-12(2)14-8-6-13(7-9-14)11-17(3)15(18)5-4-10-16;/h6-9,12H,4-5,10-11,16H2,1-3H3;1H. The van der Waals surface area contributed by atoms with E-state index in [1.807, 2.05) is 7.05 Å². The average molecular weight is 285 g/mol. The lowest BCUT2D eigenvalue weighted by atomic mass is 10.0. The van der Waals surface area contributed by atoms with Crippen LogP contribution in [0.1, 0.15) is 43.7 Å². The Morgan fingerprint density at radius 3 is 2.32 bits per heavy atom. The number of nitrogens with zero attached hydrogens (tertiary/aromatic N) is 1. The van der Waals surface area contributed by atoms with Crippen molar-refractivity contribution in [2.75, 3.05) is 13.6 Å². The summed E-state index contributed by atoms with van der Waals surface area (Å²) in [4.78, 5) is 13.5. The highest BCUT2D eigenvalue weighted by Crippen LogP contribution is 2.15. The summed E-state index contributed by atoms with van der Waals surface area (Å²) in [5.74, 6) is 0.705. The largest absolute Gasteiger partial charge is 0.341 e. The van der Waals surface area contributed by atoms with E-state index in [0.29, 0.717) is 25.4 Å². The van der Waals surface area contributed by atoms with Crippen LogP contribution in [0.25, 0.3) is 0 Å². The first-order chi connectivity index (χ1) is 8.54. The van der Waals surface area contributed by atoms with Gasteiger partial charge < -0.3 is 10.6 Å². The lowest BCUT2D eigenvalue weighted by molar-refractivity contribution is -0.130. The van der Waals surface area contributed by atoms with E-state index in [9.17, 15) is 4.79 Å². The molecule has 0 atom stereocenters. The molecular formula is C15H25ClN2O. The number of carbonyl (C=O) groups excluding carboxylic acids is 1. The zero-order valence-electron chi connectivity index (χ0n) is 12.1. The maximum absolute atomic E-state index is 11.8. The number of nitrogens with two attached hydrogens (primary N) is 1. The Balaban J connectivity index is 0.00000324. The van der Waals surface area contributed by atoms with Crippen molar-refractivity contribution in [2.45, 2.75) is 39.2 Å². The quantitative estimate of drug-likeness (QED) is 0.873. The van der Waals surface area contributed by atoms with E-state index in [4.69, 9.17) is 5.73 Å². The highest BCUT2D eigenvalue weighted by molar-refractivity contribution is 5.85. The first-order valence-electron chi connectivity index (χ1n) is 6.57. The van der Waals surface area contributed by atoms with Gasteiger partial charge in [-0.1, -0.05) is 38.1 Å². The number of hydrogen-bond donors (Lipinski definition) is 1. The smallest absolute Gasteiger partial charge is 0.222 e. The third-order valence-electron chi connectivity index (χ3n) is 3.09. The van der Waals surface area contributed by atoms with Crippen molar-refractivity contribution in [1.29, 1.82) is 0 Å². The van der Waals surface area contributed by atoms with Crippen molar-refractivity contribution >= 4 is 18.3 Å². The third kappa shape index (κ3) is 6.08. The molecular weight excluding hydrogens is 260 g/mol. The van der Waals surface area contributed by atoms with E-state index in [-0.39, 0.29) is 18.3 Å². The number of rotatable bonds is 6. The summed E-state index contributed by atoms with van der Waals surface area (Å²) in [6.07, 6.45) is 1.30.